The monoisotopic (exact) mass is 1200 g/mol. The molecule has 520 valence electrons. The molecule has 85 heavy (non-hydrogen) atoms. The van der Waals surface area contributed by atoms with Gasteiger partial charge < -0.3 is 0 Å². The number of rotatable bonds is 12. The minimum atomic E-state index is 0.542. The molecule has 0 aromatic heterocycles. The predicted molar refractivity (Wildman–Crippen MR) is 402 cm³/mol. The van der Waals surface area contributed by atoms with Gasteiger partial charge in [0, 0.05) is 0 Å². The van der Waals surface area contributed by atoms with Gasteiger partial charge in [-0.05, 0) is 143 Å². The molecule has 0 amide bonds. The van der Waals surface area contributed by atoms with Crippen LogP contribution in [0.1, 0.15) is 440 Å². The molecule has 0 heteroatoms. The molecular formula is C85H180. The lowest BCUT2D eigenvalue weighted by molar-refractivity contribution is 0.179. The summed E-state index contributed by atoms with van der Waals surface area (Å²) in [4.78, 5) is 0. The van der Waals surface area contributed by atoms with Gasteiger partial charge in [0.15, 0.2) is 0 Å². The molecule has 0 N–H and O–H groups in total. The second kappa shape index (κ2) is 55.6. The summed E-state index contributed by atoms with van der Waals surface area (Å²) >= 11 is 0. The lowest BCUT2D eigenvalue weighted by Crippen LogP contribution is -2.24. The van der Waals surface area contributed by atoms with Crippen LogP contribution in [0.5, 0.6) is 0 Å². The Balaban J connectivity index is -0.000000275. The van der Waals surface area contributed by atoms with Crippen molar-refractivity contribution in [3.8, 4) is 0 Å². The molecular weight excluding hydrogens is 1020 g/mol. The topological polar surface area (TPSA) is 0 Å². The van der Waals surface area contributed by atoms with E-state index in [2.05, 4.69) is 228 Å². The van der Waals surface area contributed by atoms with Crippen molar-refractivity contribution in [2.75, 3.05) is 0 Å². The van der Waals surface area contributed by atoms with Crippen LogP contribution in [0, 0.1) is 110 Å². The Morgan fingerprint density at radius 1 is 0.376 bits per heavy atom. The average molecular weight is 1200 g/mol. The summed E-state index contributed by atoms with van der Waals surface area (Å²) in [6.45, 7) is 76.3. The van der Waals surface area contributed by atoms with E-state index < -0.39 is 0 Å². The van der Waals surface area contributed by atoms with Crippen molar-refractivity contribution in [3.63, 3.8) is 0 Å². The molecule has 0 heterocycles. The smallest absolute Gasteiger partial charge is 0.0323 e. The molecule has 0 radical (unpaired) electrons. The average Bonchev–Trinajstić information content (AvgIpc) is 3.67. The van der Waals surface area contributed by atoms with Crippen molar-refractivity contribution in [2.45, 2.75) is 440 Å². The quantitative estimate of drug-likeness (QED) is 0.171. The number of unbranched alkanes of at least 4 members (excludes halogenated alkanes) is 4. The molecule has 0 aromatic carbocycles. The van der Waals surface area contributed by atoms with Crippen molar-refractivity contribution in [3.05, 3.63) is 0 Å². The molecule has 7 atom stereocenters. The Morgan fingerprint density at radius 3 is 0.894 bits per heavy atom. The third-order valence-electron chi connectivity index (χ3n) is 22.9. The van der Waals surface area contributed by atoms with Crippen molar-refractivity contribution in [1.29, 1.82) is 0 Å². The van der Waals surface area contributed by atoms with Crippen LogP contribution >= 0.6 is 0 Å². The molecule has 5 unspecified atom stereocenters. The Bertz CT molecular complexity index is 1260. The van der Waals surface area contributed by atoms with Crippen LogP contribution in [-0.4, -0.2) is 0 Å². The normalized spacial score (nSPS) is 26.8. The fraction of sp³-hybridized carbons (Fsp3) is 1.00. The molecule has 0 bridgehead atoms. The first kappa shape index (κ1) is 93.7. The van der Waals surface area contributed by atoms with Crippen molar-refractivity contribution in [2.24, 2.45) is 110 Å². The lowest BCUT2D eigenvalue weighted by atomic mass is 9.74. The molecule has 0 spiro atoms. The predicted octanol–water partition coefficient (Wildman–Crippen LogP) is 31.7. The maximum absolute atomic E-state index is 2.40. The molecule has 0 saturated heterocycles. The highest BCUT2D eigenvalue weighted by molar-refractivity contribution is 4.93. The van der Waals surface area contributed by atoms with Crippen LogP contribution < -0.4 is 0 Å². The summed E-state index contributed by atoms with van der Waals surface area (Å²) in [5.41, 5.74) is 2.37. The van der Waals surface area contributed by atoms with Crippen LogP contribution in [0.4, 0.5) is 0 Å². The van der Waals surface area contributed by atoms with Crippen molar-refractivity contribution < 1.29 is 0 Å². The molecule has 7 saturated carbocycles. The summed E-state index contributed by atoms with van der Waals surface area (Å²) in [6.07, 6.45) is 47.1. The second-order valence-corrected chi connectivity index (χ2v) is 35.0. The zero-order valence-electron chi connectivity index (χ0n) is 67.0. The largest absolute Gasteiger partial charge is 0.0654 e. The third kappa shape index (κ3) is 58.8. The highest BCUT2D eigenvalue weighted by atomic mass is 14.5. The van der Waals surface area contributed by atoms with Gasteiger partial charge in [-0.25, -0.2) is 0 Å². The zero-order valence-corrected chi connectivity index (χ0v) is 67.0. The minimum Gasteiger partial charge on any atom is -0.0654 e. The molecule has 7 aliphatic carbocycles. The summed E-state index contributed by atoms with van der Waals surface area (Å²) in [5.74, 6) is 14.7. The summed E-state index contributed by atoms with van der Waals surface area (Å²) in [6, 6.07) is 0. The van der Waals surface area contributed by atoms with Gasteiger partial charge in [-0.3, -0.25) is 0 Å². The maximum atomic E-state index is 2.40. The minimum absolute atomic E-state index is 0.542. The highest BCUT2D eigenvalue weighted by Crippen LogP contribution is 2.53. The SMILES string of the molecule is CC1C(C)(C)CCC1(C)C.CC1CC(C)C(C)C1.CC1CCC(C)C1C.CC1CCCCC1.CC1CCC[C@H]1C.CCC(C)(C)C.CCC(C)CC.CCCC(C)C.CCCC(C)C.CCCC1CC1.CCCCCCC.C[C@@H]1CCCC1(C)C. The van der Waals surface area contributed by atoms with Crippen LogP contribution in [0.25, 0.3) is 0 Å². The number of hydrogen-bond donors (Lipinski definition) is 0. The lowest BCUT2D eigenvalue weighted by Gasteiger charge is -2.31. The van der Waals surface area contributed by atoms with Gasteiger partial charge in [-0.15, -0.1) is 0 Å². The molecule has 7 aliphatic rings. The van der Waals surface area contributed by atoms with Crippen LogP contribution in [0.3, 0.4) is 0 Å². The molecule has 0 aliphatic heterocycles. The second-order valence-electron chi connectivity index (χ2n) is 35.0. The van der Waals surface area contributed by atoms with Crippen LogP contribution in [-0.2, 0) is 0 Å². The van der Waals surface area contributed by atoms with E-state index in [0.29, 0.717) is 21.7 Å². The van der Waals surface area contributed by atoms with E-state index >= 15 is 0 Å². The van der Waals surface area contributed by atoms with E-state index in [9.17, 15) is 0 Å². The van der Waals surface area contributed by atoms with Gasteiger partial charge in [0.25, 0.3) is 0 Å². The summed E-state index contributed by atoms with van der Waals surface area (Å²) in [7, 11) is 0. The van der Waals surface area contributed by atoms with Gasteiger partial charge >= 0.3 is 0 Å². The molecule has 0 aromatic rings. The highest BCUT2D eigenvalue weighted by Gasteiger charge is 2.43. The maximum Gasteiger partial charge on any atom is -0.0323 e. The van der Waals surface area contributed by atoms with E-state index in [1.165, 1.54) is 212 Å². The van der Waals surface area contributed by atoms with Gasteiger partial charge in [0.1, 0.15) is 0 Å². The first-order valence-corrected chi connectivity index (χ1v) is 39.4. The Labute approximate surface area is 547 Å². The van der Waals surface area contributed by atoms with Gasteiger partial charge in [-0.1, -0.05) is 408 Å². The Kier molecular flexibility index (Phi) is 61.3. The first-order chi connectivity index (χ1) is 39.4. The number of hydrogen-bond acceptors (Lipinski definition) is 0. The Morgan fingerprint density at radius 2 is 0.776 bits per heavy atom. The Hall–Kier alpha value is 0. The van der Waals surface area contributed by atoms with E-state index in [1.807, 2.05) is 0 Å². The van der Waals surface area contributed by atoms with Gasteiger partial charge in [0.2, 0.25) is 0 Å². The molecule has 0 nitrogen and oxygen atoms in total. The fourth-order valence-corrected chi connectivity index (χ4v) is 12.7. The van der Waals surface area contributed by atoms with Crippen LogP contribution in [0.15, 0.2) is 0 Å². The fourth-order valence-electron chi connectivity index (χ4n) is 12.7. The van der Waals surface area contributed by atoms with E-state index in [0.717, 1.165) is 88.8 Å². The van der Waals surface area contributed by atoms with E-state index in [1.54, 1.807) is 0 Å². The molecule has 7 rings (SSSR count). The van der Waals surface area contributed by atoms with Crippen molar-refractivity contribution in [1.82, 2.24) is 0 Å². The summed E-state index contributed by atoms with van der Waals surface area (Å²) in [5, 5.41) is 0. The zero-order chi connectivity index (χ0) is 67.0. The van der Waals surface area contributed by atoms with Crippen LogP contribution in [0.2, 0.25) is 0 Å². The van der Waals surface area contributed by atoms with Gasteiger partial charge in [-0.2, -0.15) is 0 Å². The third-order valence-corrected chi connectivity index (χ3v) is 22.9. The van der Waals surface area contributed by atoms with E-state index in [-0.39, 0.29) is 0 Å². The standard InChI is InChI=1S/C10H20.3C8H16.2C7H14.C7H16.C6H12.4C6H14/c1-8-9(2,3)6-7-10(8,4)5;1-6-4-7(2)8(3)5-6;1-7-5-4-6-8(7,2)3;1-6-4-5-7(2)8(6)3;1-6-4-3-5-7(6)2;1-7-5-3-2-4-6-7;1-3-5-7-6-4-2;1-2-3-6-4-5-6;1-5-6(2,3)4;2*1-4-5-6(2)3;1-4-6(3)5-2/h8H,6-7H2,1-5H3;6-8H,4-5H2,1-3H3;7H,4-6H2,1-3H3;6-8H,4-5H2,1-3H3;6-7H,3-5H2,1-2H3;7H,2-6H2,1H3;3-7H2,1-2H3;6H,2-5H2,1H3;5H2,1-4H3;3*6H,4-5H2,1-3H3/t;;7-;;6-,7?;;;;;;;/m..1.1......./s1. The van der Waals surface area contributed by atoms with E-state index in [4.69, 9.17) is 0 Å². The van der Waals surface area contributed by atoms with Crippen molar-refractivity contribution >= 4 is 0 Å². The first-order valence-electron chi connectivity index (χ1n) is 39.4. The summed E-state index contributed by atoms with van der Waals surface area (Å²) < 4.78 is 0. The van der Waals surface area contributed by atoms with Gasteiger partial charge in [0.05, 0.1) is 0 Å². The molecule has 7 fully saturated rings.